The smallest absolute Gasteiger partial charge is 0.266 e. The molecule has 0 amide bonds. The van der Waals surface area contributed by atoms with Gasteiger partial charge in [0.05, 0.1) is 12.2 Å². The molecule has 8 nitrogen and oxygen atoms in total. The first-order chi connectivity index (χ1) is 14.6. The number of aromatic nitrogens is 6. The second-order valence-electron chi connectivity index (χ2n) is 8.50. The fourth-order valence-electron chi connectivity index (χ4n) is 4.60. The number of hydrogen-bond acceptors (Lipinski definition) is 6. The molecule has 0 aromatic carbocycles. The van der Waals surface area contributed by atoms with Crippen LogP contribution in [-0.4, -0.2) is 42.6 Å². The average molecular weight is 406 g/mol. The van der Waals surface area contributed by atoms with Gasteiger partial charge in [0.2, 0.25) is 0 Å². The minimum atomic E-state index is -0.0744. The van der Waals surface area contributed by atoms with E-state index in [0.29, 0.717) is 18.3 Å². The molecule has 0 atom stereocenters. The van der Waals surface area contributed by atoms with Gasteiger partial charge in [0, 0.05) is 42.0 Å². The van der Waals surface area contributed by atoms with Crippen molar-refractivity contribution in [3.63, 3.8) is 0 Å². The summed E-state index contributed by atoms with van der Waals surface area (Å²) in [6, 6.07) is 5.33. The van der Waals surface area contributed by atoms with Crippen LogP contribution >= 0.6 is 0 Å². The average Bonchev–Trinajstić information content (AvgIpc) is 2.90. The summed E-state index contributed by atoms with van der Waals surface area (Å²) in [5.41, 5.74) is 4.41. The van der Waals surface area contributed by atoms with Crippen LogP contribution in [0.15, 0.2) is 29.3 Å². The topological polar surface area (TPSA) is 81.7 Å². The maximum atomic E-state index is 12.4. The normalized spacial score (nSPS) is 16.8. The van der Waals surface area contributed by atoms with Crippen molar-refractivity contribution in [1.29, 1.82) is 0 Å². The summed E-state index contributed by atoms with van der Waals surface area (Å²) in [6.45, 7) is 6.33. The van der Waals surface area contributed by atoms with E-state index in [1.807, 2.05) is 19.9 Å². The number of rotatable bonds is 4. The van der Waals surface area contributed by atoms with Gasteiger partial charge >= 0.3 is 0 Å². The summed E-state index contributed by atoms with van der Waals surface area (Å²) in [5, 5.41) is 9.06. The van der Waals surface area contributed by atoms with Gasteiger partial charge in [0.25, 0.3) is 5.56 Å². The summed E-state index contributed by atoms with van der Waals surface area (Å²) in [6.07, 6.45) is 7.52. The third-order valence-corrected chi connectivity index (χ3v) is 6.12. The van der Waals surface area contributed by atoms with Crippen LogP contribution in [0.5, 0.6) is 0 Å². The molecule has 3 aromatic heterocycles. The zero-order valence-electron chi connectivity index (χ0n) is 17.6. The predicted molar refractivity (Wildman–Crippen MR) is 114 cm³/mol. The predicted octanol–water partition coefficient (Wildman–Crippen LogP) is 2.24. The number of aryl methyl sites for hydroxylation is 3. The highest BCUT2D eigenvalue weighted by Gasteiger charge is 2.31. The number of anilines is 1. The van der Waals surface area contributed by atoms with Crippen LogP contribution in [0.3, 0.4) is 0 Å². The molecule has 8 heteroatoms. The molecule has 0 bridgehead atoms. The van der Waals surface area contributed by atoms with E-state index in [4.69, 9.17) is 0 Å². The molecular weight excluding hydrogens is 378 g/mol. The number of hydrogen-bond donors (Lipinski definition) is 0. The van der Waals surface area contributed by atoms with Crippen molar-refractivity contribution in [3.8, 4) is 5.82 Å². The molecule has 0 saturated carbocycles. The molecule has 30 heavy (non-hydrogen) atoms. The van der Waals surface area contributed by atoms with Gasteiger partial charge < -0.3 is 4.90 Å². The van der Waals surface area contributed by atoms with E-state index in [-0.39, 0.29) is 5.56 Å². The summed E-state index contributed by atoms with van der Waals surface area (Å²) < 4.78 is 3.36. The standard InChI is InChI=1S/C22H27N7O/c1-15-10-16(2)29(25-15)20-8-9-21(30)28(26-20)13-17-11-27(12-17)22-18-6-4-3-5-7-19(18)23-14-24-22/h8-10,14,17H,3-7,11-13H2,1-2H3. The van der Waals surface area contributed by atoms with Crippen molar-refractivity contribution in [2.45, 2.75) is 52.5 Å². The van der Waals surface area contributed by atoms with Crippen LogP contribution in [-0.2, 0) is 19.4 Å². The highest BCUT2D eigenvalue weighted by atomic mass is 16.1. The highest BCUT2D eigenvalue weighted by molar-refractivity contribution is 5.51. The second-order valence-corrected chi connectivity index (χ2v) is 8.50. The zero-order valence-corrected chi connectivity index (χ0v) is 17.6. The van der Waals surface area contributed by atoms with E-state index >= 15 is 0 Å². The maximum absolute atomic E-state index is 12.4. The Morgan fingerprint density at radius 3 is 2.67 bits per heavy atom. The van der Waals surface area contributed by atoms with Crippen LogP contribution in [0.25, 0.3) is 5.82 Å². The molecule has 0 spiro atoms. The van der Waals surface area contributed by atoms with E-state index in [1.165, 1.54) is 30.5 Å². The quantitative estimate of drug-likeness (QED) is 0.619. The van der Waals surface area contributed by atoms with Gasteiger partial charge in [0.15, 0.2) is 5.82 Å². The van der Waals surface area contributed by atoms with E-state index in [0.717, 1.165) is 43.1 Å². The van der Waals surface area contributed by atoms with Gasteiger partial charge in [-0.25, -0.2) is 19.3 Å². The second kappa shape index (κ2) is 7.66. The van der Waals surface area contributed by atoms with Gasteiger partial charge in [-0.2, -0.15) is 5.10 Å². The Hall–Kier alpha value is -3.03. The van der Waals surface area contributed by atoms with Gasteiger partial charge in [-0.3, -0.25) is 4.79 Å². The van der Waals surface area contributed by atoms with Gasteiger partial charge in [-0.05, 0) is 51.7 Å². The maximum Gasteiger partial charge on any atom is 0.266 e. The Morgan fingerprint density at radius 2 is 1.87 bits per heavy atom. The summed E-state index contributed by atoms with van der Waals surface area (Å²) >= 11 is 0. The molecule has 0 N–H and O–H groups in total. The van der Waals surface area contributed by atoms with Gasteiger partial charge in [-0.15, -0.1) is 5.10 Å². The minimum Gasteiger partial charge on any atom is -0.355 e. The Balaban J connectivity index is 1.31. The molecule has 1 aliphatic carbocycles. The van der Waals surface area contributed by atoms with Crippen LogP contribution in [0.2, 0.25) is 0 Å². The molecule has 156 valence electrons. The Bertz CT molecular complexity index is 1130. The number of nitrogens with zero attached hydrogens (tertiary/aromatic N) is 7. The SMILES string of the molecule is Cc1cc(C)n(-c2ccc(=O)n(CC3CN(c4ncnc5c4CCCCC5)C3)n2)n1. The third-order valence-electron chi connectivity index (χ3n) is 6.12. The molecule has 1 saturated heterocycles. The van der Waals surface area contributed by atoms with Crippen LogP contribution in [0, 0.1) is 19.8 Å². The lowest BCUT2D eigenvalue weighted by atomic mass is 9.98. The summed E-state index contributed by atoms with van der Waals surface area (Å²) in [7, 11) is 0. The van der Waals surface area contributed by atoms with E-state index in [1.54, 1.807) is 27.8 Å². The van der Waals surface area contributed by atoms with Crippen molar-refractivity contribution < 1.29 is 0 Å². The van der Waals surface area contributed by atoms with Crippen LogP contribution < -0.4 is 10.5 Å². The van der Waals surface area contributed by atoms with Crippen molar-refractivity contribution >= 4 is 5.82 Å². The first kappa shape index (κ1) is 19.0. The van der Waals surface area contributed by atoms with Crippen molar-refractivity contribution in [2.75, 3.05) is 18.0 Å². The van der Waals surface area contributed by atoms with Crippen LogP contribution in [0.4, 0.5) is 5.82 Å². The van der Waals surface area contributed by atoms with Crippen molar-refractivity contribution in [2.24, 2.45) is 5.92 Å². The molecule has 4 heterocycles. The van der Waals surface area contributed by atoms with Crippen molar-refractivity contribution in [3.05, 3.63) is 57.5 Å². The van der Waals surface area contributed by atoms with Gasteiger partial charge in [0.1, 0.15) is 12.1 Å². The lowest BCUT2D eigenvalue weighted by Crippen LogP contribution is -2.50. The number of fused-ring (bicyclic) bond motifs is 1. The molecular formula is C22H27N7O. The first-order valence-corrected chi connectivity index (χ1v) is 10.8. The minimum absolute atomic E-state index is 0.0744. The van der Waals surface area contributed by atoms with Crippen LogP contribution in [0.1, 0.15) is 41.9 Å². The van der Waals surface area contributed by atoms with E-state index < -0.39 is 0 Å². The lowest BCUT2D eigenvalue weighted by Gasteiger charge is -2.41. The van der Waals surface area contributed by atoms with E-state index in [2.05, 4.69) is 25.1 Å². The molecule has 0 radical (unpaired) electrons. The lowest BCUT2D eigenvalue weighted by molar-refractivity contribution is 0.331. The first-order valence-electron chi connectivity index (χ1n) is 10.8. The highest BCUT2D eigenvalue weighted by Crippen LogP contribution is 2.31. The molecule has 0 unspecified atom stereocenters. The van der Waals surface area contributed by atoms with E-state index in [9.17, 15) is 4.79 Å². The summed E-state index contributed by atoms with van der Waals surface area (Å²) in [5.74, 6) is 2.15. The Labute approximate surface area is 175 Å². The summed E-state index contributed by atoms with van der Waals surface area (Å²) in [4.78, 5) is 23.8. The third kappa shape index (κ3) is 3.51. The Kier molecular flexibility index (Phi) is 4.84. The molecule has 3 aromatic rings. The monoisotopic (exact) mass is 405 g/mol. The van der Waals surface area contributed by atoms with Crippen molar-refractivity contribution in [1.82, 2.24) is 29.5 Å². The van der Waals surface area contributed by atoms with Gasteiger partial charge in [-0.1, -0.05) is 6.42 Å². The molecule has 1 aliphatic heterocycles. The molecule has 2 aliphatic rings. The fraction of sp³-hybridized carbons (Fsp3) is 0.500. The zero-order chi connectivity index (χ0) is 20.7. The molecule has 1 fully saturated rings. The molecule has 5 rings (SSSR count). The largest absolute Gasteiger partial charge is 0.355 e. The fourth-order valence-corrected chi connectivity index (χ4v) is 4.60. The Morgan fingerprint density at radius 1 is 1.03 bits per heavy atom.